The Hall–Kier alpha value is -1.71. The van der Waals surface area contributed by atoms with Crippen molar-refractivity contribution in [3.63, 3.8) is 0 Å². The van der Waals surface area contributed by atoms with E-state index in [4.69, 9.17) is 5.73 Å². The molecule has 1 aromatic carbocycles. The van der Waals surface area contributed by atoms with Crippen molar-refractivity contribution < 1.29 is 4.79 Å². The Morgan fingerprint density at radius 3 is 2.76 bits per heavy atom. The van der Waals surface area contributed by atoms with E-state index in [1.807, 2.05) is 12.1 Å². The van der Waals surface area contributed by atoms with E-state index in [9.17, 15) is 4.79 Å². The molecule has 1 aliphatic carbocycles. The zero-order valence-corrected chi connectivity index (χ0v) is 10.3. The van der Waals surface area contributed by atoms with Crippen molar-refractivity contribution in [3.05, 3.63) is 23.8 Å². The molecule has 0 saturated heterocycles. The number of hydrogen-bond donors (Lipinski definition) is 3. The Morgan fingerprint density at radius 2 is 2.24 bits per heavy atom. The minimum Gasteiger partial charge on any atom is -0.398 e. The number of anilines is 2. The zero-order chi connectivity index (χ0) is 12.4. The molecule has 4 heteroatoms. The van der Waals surface area contributed by atoms with Gasteiger partial charge in [-0.3, -0.25) is 0 Å². The summed E-state index contributed by atoms with van der Waals surface area (Å²) in [4.78, 5) is 11.6. The second-order valence-electron chi connectivity index (χ2n) is 4.69. The molecule has 1 aromatic rings. The number of urea groups is 1. The van der Waals surface area contributed by atoms with E-state index in [2.05, 4.69) is 24.5 Å². The third-order valence-electron chi connectivity index (χ3n) is 3.21. The fraction of sp³-hybridized carbons (Fsp3) is 0.462. The highest BCUT2D eigenvalue weighted by molar-refractivity contribution is 5.90. The number of nitrogens with one attached hydrogen (secondary N) is 2. The summed E-state index contributed by atoms with van der Waals surface area (Å²) < 4.78 is 0. The van der Waals surface area contributed by atoms with E-state index in [1.54, 1.807) is 6.07 Å². The molecule has 1 aliphatic rings. The van der Waals surface area contributed by atoms with Gasteiger partial charge in [-0.1, -0.05) is 19.9 Å². The first-order chi connectivity index (χ1) is 8.10. The van der Waals surface area contributed by atoms with Gasteiger partial charge in [0.25, 0.3) is 0 Å². The van der Waals surface area contributed by atoms with Crippen molar-refractivity contribution in [3.8, 4) is 0 Å². The molecule has 17 heavy (non-hydrogen) atoms. The third-order valence-corrected chi connectivity index (χ3v) is 3.21. The van der Waals surface area contributed by atoms with Gasteiger partial charge in [-0.15, -0.1) is 0 Å². The summed E-state index contributed by atoms with van der Waals surface area (Å²) in [7, 11) is 0. The van der Waals surface area contributed by atoms with Gasteiger partial charge in [-0.05, 0) is 36.5 Å². The standard InChI is InChI=1S/C13H19N3O/c1-3-9-4-5-10(7-11(9)14)15-13(17)16-12-6-8(12)2/h4-5,7-8,12H,3,6,14H2,1-2H3,(H2,15,16,17). The van der Waals surface area contributed by atoms with Crippen molar-refractivity contribution in [2.75, 3.05) is 11.1 Å². The molecule has 0 aliphatic heterocycles. The van der Waals surface area contributed by atoms with Crippen LogP contribution in [0.4, 0.5) is 16.2 Å². The number of aryl methyl sites for hydroxylation is 1. The summed E-state index contributed by atoms with van der Waals surface area (Å²) in [5, 5.41) is 5.71. The van der Waals surface area contributed by atoms with Crippen molar-refractivity contribution in [2.24, 2.45) is 5.92 Å². The molecule has 2 amide bonds. The summed E-state index contributed by atoms with van der Waals surface area (Å²) in [6.45, 7) is 4.18. The Labute approximate surface area is 102 Å². The molecule has 0 bridgehead atoms. The molecule has 4 N–H and O–H groups in total. The molecule has 0 radical (unpaired) electrons. The van der Waals surface area contributed by atoms with Gasteiger partial charge >= 0.3 is 6.03 Å². The minimum atomic E-state index is -0.150. The van der Waals surface area contributed by atoms with Crippen molar-refractivity contribution in [1.82, 2.24) is 5.32 Å². The van der Waals surface area contributed by atoms with E-state index in [-0.39, 0.29) is 6.03 Å². The van der Waals surface area contributed by atoms with Gasteiger partial charge in [0.05, 0.1) is 0 Å². The molecule has 0 spiro atoms. The number of carbonyl (C=O) groups excluding carboxylic acids is 1. The van der Waals surface area contributed by atoms with Crippen molar-refractivity contribution in [2.45, 2.75) is 32.7 Å². The summed E-state index contributed by atoms with van der Waals surface area (Å²) >= 11 is 0. The number of benzene rings is 1. The summed E-state index contributed by atoms with van der Waals surface area (Å²) in [5.41, 5.74) is 8.44. The SMILES string of the molecule is CCc1ccc(NC(=O)NC2CC2C)cc1N. The normalized spacial score (nSPS) is 22.0. The lowest BCUT2D eigenvalue weighted by Crippen LogP contribution is -2.31. The Morgan fingerprint density at radius 1 is 1.53 bits per heavy atom. The van der Waals surface area contributed by atoms with Gasteiger partial charge < -0.3 is 16.4 Å². The predicted molar refractivity (Wildman–Crippen MR) is 70.0 cm³/mol. The molecule has 0 heterocycles. The highest BCUT2D eigenvalue weighted by Crippen LogP contribution is 2.29. The number of hydrogen-bond acceptors (Lipinski definition) is 2. The van der Waals surface area contributed by atoms with Gasteiger partial charge in [-0.25, -0.2) is 4.79 Å². The first-order valence-corrected chi connectivity index (χ1v) is 6.06. The maximum absolute atomic E-state index is 11.6. The van der Waals surface area contributed by atoms with Crippen molar-refractivity contribution in [1.29, 1.82) is 0 Å². The van der Waals surface area contributed by atoms with Crippen LogP contribution in [0.3, 0.4) is 0 Å². The van der Waals surface area contributed by atoms with E-state index in [0.29, 0.717) is 12.0 Å². The van der Waals surface area contributed by atoms with Crippen LogP contribution < -0.4 is 16.4 Å². The van der Waals surface area contributed by atoms with Gasteiger partial charge in [0, 0.05) is 17.4 Å². The topological polar surface area (TPSA) is 67.2 Å². The first kappa shape index (κ1) is 11.8. The molecule has 2 rings (SSSR count). The molecular formula is C13H19N3O. The van der Waals surface area contributed by atoms with Crippen LogP contribution in [-0.2, 0) is 6.42 Å². The number of nitrogens with two attached hydrogens (primary N) is 1. The Kier molecular flexibility index (Phi) is 3.22. The average molecular weight is 233 g/mol. The average Bonchev–Trinajstić information content (AvgIpc) is 2.94. The molecule has 2 unspecified atom stereocenters. The van der Waals surface area contributed by atoms with E-state index < -0.39 is 0 Å². The summed E-state index contributed by atoms with van der Waals surface area (Å²) in [5.74, 6) is 0.605. The predicted octanol–water partition coefficient (Wildman–Crippen LogP) is 2.36. The van der Waals surface area contributed by atoms with Crippen LogP contribution in [0, 0.1) is 5.92 Å². The van der Waals surface area contributed by atoms with Gasteiger partial charge in [-0.2, -0.15) is 0 Å². The number of carbonyl (C=O) groups is 1. The monoisotopic (exact) mass is 233 g/mol. The number of nitrogen functional groups attached to an aromatic ring is 1. The summed E-state index contributed by atoms with van der Waals surface area (Å²) in [6, 6.07) is 5.81. The second-order valence-corrected chi connectivity index (χ2v) is 4.69. The van der Waals surface area contributed by atoms with E-state index in [1.165, 1.54) is 0 Å². The van der Waals surface area contributed by atoms with Crippen LogP contribution in [0.1, 0.15) is 25.8 Å². The largest absolute Gasteiger partial charge is 0.398 e. The smallest absolute Gasteiger partial charge is 0.319 e. The van der Waals surface area contributed by atoms with E-state index >= 15 is 0 Å². The molecule has 1 fully saturated rings. The fourth-order valence-corrected chi connectivity index (χ4v) is 1.85. The minimum absolute atomic E-state index is 0.150. The lowest BCUT2D eigenvalue weighted by molar-refractivity contribution is 0.251. The molecule has 2 atom stereocenters. The maximum Gasteiger partial charge on any atom is 0.319 e. The Balaban J connectivity index is 1.94. The maximum atomic E-state index is 11.6. The first-order valence-electron chi connectivity index (χ1n) is 6.06. The lowest BCUT2D eigenvalue weighted by atomic mass is 10.1. The van der Waals surface area contributed by atoms with Crippen LogP contribution in [0.5, 0.6) is 0 Å². The summed E-state index contributed by atoms with van der Waals surface area (Å²) in [6.07, 6.45) is 1.97. The third kappa shape index (κ3) is 2.90. The van der Waals surface area contributed by atoms with Gasteiger partial charge in [0.15, 0.2) is 0 Å². The van der Waals surface area contributed by atoms with Gasteiger partial charge in [0.1, 0.15) is 0 Å². The Bertz CT molecular complexity index is 431. The quantitative estimate of drug-likeness (QED) is 0.701. The number of rotatable bonds is 3. The van der Waals surface area contributed by atoms with Gasteiger partial charge in [0.2, 0.25) is 0 Å². The van der Waals surface area contributed by atoms with Crippen LogP contribution >= 0.6 is 0 Å². The fourth-order valence-electron chi connectivity index (χ4n) is 1.85. The van der Waals surface area contributed by atoms with Crippen LogP contribution in [0.2, 0.25) is 0 Å². The highest BCUT2D eigenvalue weighted by Gasteiger charge is 2.33. The molecular weight excluding hydrogens is 214 g/mol. The zero-order valence-electron chi connectivity index (χ0n) is 10.3. The van der Waals surface area contributed by atoms with Crippen molar-refractivity contribution >= 4 is 17.4 Å². The lowest BCUT2D eigenvalue weighted by Gasteiger charge is -2.09. The molecule has 1 saturated carbocycles. The number of amides is 2. The highest BCUT2D eigenvalue weighted by atomic mass is 16.2. The van der Waals surface area contributed by atoms with Crippen LogP contribution in [-0.4, -0.2) is 12.1 Å². The van der Waals surface area contributed by atoms with Crippen LogP contribution in [0.25, 0.3) is 0 Å². The molecule has 4 nitrogen and oxygen atoms in total. The second kappa shape index (κ2) is 4.65. The van der Waals surface area contributed by atoms with Crippen LogP contribution in [0.15, 0.2) is 18.2 Å². The molecule has 92 valence electrons. The van der Waals surface area contributed by atoms with E-state index in [0.717, 1.165) is 29.8 Å². The molecule has 0 aromatic heterocycles.